The monoisotopic (exact) mass is 264 g/mol. The van der Waals surface area contributed by atoms with Gasteiger partial charge < -0.3 is 19.7 Å². The summed E-state index contributed by atoms with van der Waals surface area (Å²) < 4.78 is 10.6. The van der Waals surface area contributed by atoms with Gasteiger partial charge in [0.1, 0.15) is 11.5 Å². The molecule has 0 saturated carbocycles. The molecule has 1 aromatic carbocycles. The molecule has 1 amide bonds. The molecule has 1 aliphatic heterocycles. The molecule has 0 atom stereocenters. The minimum atomic E-state index is 0.127. The molecule has 1 saturated heterocycles. The van der Waals surface area contributed by atoms with Crippen LogP contribution in [0.4, 0.5) is 0 Å². The van der Waals surface area contributed by atoms with Crippen molar-refractivity contribution < 1.29 is 14.3 Å². The number of hydrogen-bond acceptors (Lipinski definition) is 4. The fraction of sp³-hybridized carbons (Fsp3) is 0.500. The molecule has 2 rings (SSSR count). The van der Waals surface area contributed by atoms with Crippen molar-refractivity contribution in [3.8, 4) is 11.5 Å². The quantitative estimate of drug-likeness (QED) is 0.882. The molecule has 0 unspecified atom stereocenters. The van der Waals surface area contributed by atoms with Crippen molar-refractivity contribution in [1.82, 2.24) is 10.2 Å². The van der Waals surface area contributed by atoms with Crippen LogP contribution in [0.2, 0.25) is 0 Å². The highest BCUT2D eigenvalue weighted by Gasteiger charge is 2.18. The highest BCUT2D eigenvalue weighted by molar-refractivity contribution is 5.78. The lowest BCUT2D eigenvalue weighted by atomic mass is 10.1. The number of rotatable bonds is 4. The summed E-state index contributed by atoms with van der Waals surface area (Å²) in [5.41, 5.74) is 0.970. The highest BCUT2D eigenvalue weighted by atomic mass is 16.5. The minimum absolute atomic E-state index is 0.127. The molecular weight excluding hydrogens is 244 g/mol. The molecule has 0 aromatic heterocycles. The number of hydrogen-bond donors (Lipinski definition) is 1. The number of ether oxygens (including phenoxy) is 2. The Kier molecular flexibility index (Phi) is 4.63. The van der Waals surface area contributed by atoms with Gasteiger partial charge in [-0.15, -0.1) is 0 Å². The van der Waals surface area contributed by atoms with Crippen molar-refractivity contribution in [3.05, 3.63) is 23.8 Å². The average molecular weight is 264 g/mol. The average Bonchev–Trinajstić information content (AvgIpc) is 2.64. The van der Waals surface area contributed by atoms with E-state index >= 15 is 0 Å². The predicted octanol–water partition coefficient (Wildman–Crippen LogP) is 1.03. The molecule has 1 aliphatic rings. The van der Waals surface area contributed by atoms with Crippen molar-refractivity contribution in [3.63, 3.8) is 0 Å². The SMILES string of the molecule is COc1ccc(OC)c(CN2CCCNCC2=O)c1. The smallest absolute Gasteiger partial charge is 0.236 e. The second-order valence-electron chi connectivity index (χ2n) is 4.52. The third-order valence-electron chi connectivity index (χ3n) is 3.26. The Hall–Kier alpha value is -1.75. The summed E-state index contributed by atoms with van der Waals surface area (Å²) in [6.45, 7) is 2.62. The normalized spacial score (nSPS) is 16.1. The zero-order chi connectivity index (χ0) is 13.7. The van der Waals surface area contributed by atoms with E-state index in [2.05, 4.69) is 5.32 Å². The summed E-state index contributed by atoms with van der Waals surface area (Å²) >= 11 is 0. The maximum Gasteiger partial charge on any atom is 0.236 e. The molecule has 0 radical (unpaired) electrons. The number of nitrogens with one attached hydrogen (secondary N) is 1. The van der Waals surface area contributed by atoms with E-state index in [-0.39, 0.29) is 5.91 Å². The van der Waals surface area contributed by atoms with E-state index in [0.717, 1.165) is 36.6 Å². The van der Waals surface area contributed by atoms with Gasteiger partial charge in [-0.2, -0.15) is 0 Å². The van der Waals surface area contributed by atoms with Gasteiger partial charge in [-0.3, -0.25) is 4.79 Å². The molecule has 1 aromatic rings. The summed E-state index contributed by atoms with van der Waals surface area (Å²) in [5.74, 6) is 1.68. The molecule has 5 nitrogen and oxygen atoms in total. The Labute approximate surface area is 113 Å². The Bertz CT molecular complexity index is 448. The van der Waals surface area contributed by atoms with Crippen molar-refractivity contribution in [2.75, 3.05) is 33.9 Å². The van der Waals surface area contributed by atoms with Crippen molar-refractivity contribution >= 4 is 5.91 Å². The lowest BCUT2D eigenvalue weighted by molar-refractivity contribution is -0.130. The number of amides is 1. The predicted molar refractivity (Wildman–Crippen MR) is 72.4 cm³/mol. The molecule has 0 bridgehead atoms. The van der Waals surface area contributed by atoms with Gasteiger partial charge in [-0.05, 0) is 31.2 Å². The first kappa shape index (κ1) is 13.7. The maximum absolute atomic E-state index is 12.0. The van der Waals surface area contributed by atoms with E-state index in [0.29, 0.717) is 13.1 Å². The van der Waals surface area contributed by atoms with Gasteiger partial charge >= 0.3 is 0 Å². The largest absolute Gasteiger partial charge is 0.497 e. The molecule has 0 aliphatic carbocycles. The van der Waals surface area contributed by atoms with Gasteiger partial charge in [0.15, 0.2) is 0 Å². The molecule has 104 valence electrons. The van der Waals surface area contributed by atoms with Crippen LogP contribution in [-0.4, -0.2) is 44.7 Å². The zero-order valence-electron chi connectivity index (χ0n) is 11.4. The fourth-order valence-corrected chi connectivity index (χ4v) is 2.21. The van der Waals surface area contributed by atoms with Crippen LogP contribution < -0.4 is 14.8 Å². The molecule has 1 fully saturated rings. The molecule has 1 heterocycles. The van der Waals surface area contributed by atoms with Crippen molar-refractivity contribution in [1.29, 1.82) is 0 Å². The number of carbonyl (C=O) groups is 1. The van der Waals surface area contributed by atoms with Crippen molar-refractivity contribution in [2.24, 2.45) is 0 Å². The summed E-state index contributed by atoms with van der Waals surface area (Å²) in [6.07, 6.45) is 0.970. The molecule has 5 heteroatoms. The lowest BCUT2D eigenvalue weighted by Gasteiger charge is -2.21. The van der Waals surface area contributed by atoms with Crippen LogP contribution in [0.1, 0.15) is 12.0 Å². The maximum atomic E-state index is 12.0. The first-order valence-corrected chi connectivity index (χ1v) is 6.44. The number of benzene rings is 1. The Balaban J connectivity index is 2.18. The molecule has 19 heavy (non-hydrogen) atoms. The Morgan fingerprint density at radius 2 is 2.16 bits per heavy atom. The van der Waals surface area contributed by atoms with Gasteiger partial charge in [0.05, 0.1) is 20.8 Å². The summed E-state index contributed by atoms with van der Waals surface area (Å²) in [7, 11) is 3.27. The van der Waals surface area contributed by atoms with Crippen LogP contribution in [-0.2, 0) is 11.3 Å². The van der Waals surface area contributed by atoms with Gasteiger partial charge in [0.2, 0.25) is 5.91 Å². The summed E-state index contributed by atoms with van der Waals surface area (Å²) in [4.78, 5) is 13.8. The Morgan fingerprint density at radius 1 is 1.32 bits per heavy atom. The summed E-state index contributed by atoms with van der Waals surface area (Å²) in [5, 5.41) is 3.12. The number of nitrogens with zero attached hydrogens (tertiary/aromatic N) is 1. The van der Waals surface area contributed by atoms with Crippen LogP contribution in [0.25, 0.3) is 0 Å². The van der Waals surface area contributed by atoms with Crippen LogP contribution in [0.3, 0.4) is 0 Å². The third kappa shape index (κ3) is 3.38. The van der Waals surface area contributed by atoms with Crippen LogP contribution in [0.5, 0.6) is 11.5 Å². The zero-order valence-corrected chi connectivity index (χ0v) is 11.4. The van der Waals surface area contributed by atoms with Gasteiger partial charge in [0.25, 0.3) is 0 Å². The fourth-order valence-electron chi connectivity index (χ4n) is 2.21. The van der Waals surface area contributed by atoms with E-state index < -0.39 is 0 Å². The third-order valence-corrected chi connectivity index (χ3v) is 3.26. The Morgan fingerprint density at radius 3 is 2.89 bits per heavy atom. The van der Waals surface area contributed by atoms with Gasteiger partial charge in [0, 0.05) is 18.7 Å². The standard InChI is InChI=1S/C14H20N2O3/c1-18-12-4-5-13(19-2)11(8-12)10-16-7-3-6-15-9-14(16)17/h4-5,8,15H,3,6-7,9-10H2,1-2H3. The van der Waals surface area contributed by atoms with E-state index in [9.17, 15) is 4.79 Å². The van der Waals surface area contributed by atoms with E-state index in [4.69, 9.17) is 9.47 Å². The van der Waals surface area contributed by atoms with Crippen LogP contribution in [0.15, 0.2) is 18.2 Å². The first-order valence-electron chi connectivity index (χ1n) is 6.44. The molecular formula is C14H20N2O3. The van der Waals surface area contributed by atoms with Crippen LogP contribution in [0, 0.1) is 0 Å². The molecule has 1 N–H and O–H groups in total. The second kappa shape index (κ2) is 6.43. The lowest BCUT2D eigenvalue weighted by Crippen LogP contribution is -2.34. The highest BCUT2D eigenvalue weighted by Crippen LogP contribution is 2.25. The molecule has 0 spiro atoms. The van der Waals surface area contributed by atoms with Crippen molar-refractivity contribution in [2.45, 2.75) is 13.0 Å². The number of methoxy groups -OCH3 is 2. The van der Waals surface area contributed by atoms with Gasteiger partial charge in [-0.1, -0.05) is 0 Å². The first-order chi connectivity index (χ1) is 9.24. The topological polar surface area (TPSA) is 50.8 Å². The number of carbonyl (C=O) groups excluding carboxylic acids is 1. The van der Waals surface area contributed by atoms with E-state index in [1.807, 2.05) is 23.1 Å². The summed E-state index contributed by atoms with van der Waals surface area (Å²) in [6, 6.07) is 5.65. The second-order valence-corrected chi connectivity index (χ2v) is 4.52. The van der Waals surface area contributed by atoms with E-state index in [1.165, 1.54) is 0 Å². The minimum Gasteiger partial charge on any atom is -0.497 e. The van der Waals surface area contributed by atoms with E-state index in [1.54, 1.807) is 14.2 Å². The van der Waals surface area contributed by atoms with Gasteiger partial charge in [-0.25, -0.2) is 0 Å². The van der Waals surface area contributed by atoms with Crippen LogP contribution >= 0.6 is 0 Å².